The van der Waals surface area contributed by atoms with Crippen molar-refractivity contribution in [3.63, 3.8) is 0 Å². The maximum absolute atomic E-state index is 4.60. The molecule has 29 heavy (non-hydrogen) atoms. The highest BCUT2D eigenvalue weighted by atomic mass is 15.3. The van der Waals surface area contributed by atoms with Crippen LogP contribution in [-0.4, -0.2) is 44.3 Å². The summed E-state index contributed by atoms with van der Waals surface area (Å²) in [7, 11) is 5.82. The number of imidazole rings is 1. The summed E-state index contributed by atoms with van der Waals surface area (Å²) in [5, 5.41) is 8.04. The number of hydrogen-bond donors (Lipinski definition) is 1. The molecule has 0 aliphatic heterocycles. The minimum Gasteiger partial charge on any atom is -0.349 e. The van der Waals surface area contributed by atoms with Gasteiger partial charge in [-0.05, 0) is 11.5 Å². The van der Waals surface area contributed by atoms with Crippen molar-refractivity contribution in [2.75, 3.05) is 14.1 Å². The van der Waals surface area contributed by atoms with Crippen LogP contribution in [0.15, 0.2) is 53.9 Å². The van der Waals surface area contributed by atoms with Crippen molar-refractivity contribution in [2.24, 2.45) is 12.0 Å². The first-order valence-corrected chi connectivity index (χ1v) is 9.96. The molecular formula is C22H31N7. The Bertz CT molecular complexity index is 937. The number of aromatic nitrogens is 4. The van der Waals surface area contributed by atoms with Gasteiger partial charge in [0.2, 0.25) is 0 Å². The fourth-order valence-corrected chi connectivity index (χ4v) is 3.47. The van der Waals surface area contributed by atoms with E-state index in [-0.39, 0.29) is 0 Å². The first-order chi connectivity index (χ1) is 14.0. The molecule has 0 saturated heterocycles. The van der Waals surface area contributed by atoms with Crippen LogP contribution < -0.4 is 5.32 Å². The Morgan fingerprint density at radius 1 is 1.24 bits per heavy atom. The minimum absolute atomic E-state index is 0.389. The van der Waals surface area contributed by atoms with E-state index in [4.69, 9.17) is 0 Å². The number of aryl methyl sites for hydroxylation is 1. The van der Waals surface area contributed by atoms with E-state index in [2.05, 4.69) is 74.2 Å². The Hall–Kier alpha value is -3.09. The van der Waals surface area contributed by atoms with Gasteiger partial charge in [-0.25, -0.2) is 4.98 Å². The molecule has 0 atom stereocenters. The number of hydrogen-bond acceptors (Lipinski definition) is 3. The van der Waals surface area contributed by atoms with Gasteiger partial charge in [0, 0.05) is 58.4 Å². The Kier molecular flexibility index (Phi) is 6.69. The third-order valence-corrected chi connectivity index (χ3v) is 4.87. The van der Waals surface area contributed by atoms with Gasteiger partial charge in [-0.15, -0.1) is 0 Å². The molecule has 7 heteroatoms. The van der Waals surface area contributed by atoms with Crippen LogP contribution in [0.5, 0.6) is 0 Å². The summed E-state index contributed by atoms with van der Waals surface area (Å²) in [5.74, 6) is 2.20. The zero-order valence-electron chi connectivity index (χ0n) is 18.0. The van der Waals surface area contributed by atoms with Crippen LogP contribution in [-0.2, 0) is 26.7 Å². The average molecular weight is 394 g/mol. The highest BCUT2D eigenvalue weighted by Crippen LogP contribution is 2.18. The van der Waals surface area contributed by atoms with E-state index in [0.29, 0.717) is 12.5 Å². The summed E-state index contributed by atoms with van der Waals surface area (Å²) in [5.41, 5.74) is 3.61. The fourth-order valence-electron chi connectivity index (χ4n) is 3.47. The van der Waals surface area contributed by atoms with Gasteiger partial charge in [0.05, 0.1) is 12.2 Å². The largest absolute Gasteiger partial charge is 0.349 e. The molecular weight excluding hydrogens is 362 g/mol. The number of aliphatic imine (C=N–C) groups is 1. The minimum atomic E-state index is 0.389. The molecule has 3 aromatic rings. The van der Waals surface area contributed by atoms with Gasteiger partial charge in [-0.2, -0.15) is 5.10 Å². The zero-order chi connectivity index (χ0) is 20.8. The van der Waals surface area contributed by atoms with Gasteiger partial charge in [0.15, 0.2) is 5.96 Å². The van der Waals surface area contributed by atoms with Crippen LogP contribution in [0.25, 0.3) is 0 Å². The molecule has 1 aromatic carbocycles. The lowest BCUT2D eigenvalue weighted by molar-refractivity contribution is 0.471. The third-order valence-electron chi connectivity index (χ3n) is 4.87. The smallest absolute Gasteiger partial charge is 0.194 e. The van der Waals surface area contributed by atoms with Gasteiger partial charge in [0.1, 0.15) is 5.82 Å². The van der Waals surface area contributed by atoms with Gasteiger partial charge < -0.3 is 14.8 Å². The summed E-state index contributed by atoms with van der Waals surface area (Å²) >= 11 is 0. The van der Waals surface area contributed by atoms with Gasteiger partial charge in [-0.3, -0.25) is 9.67 Å². The van der Waals surface area contributed by atoms with E-state index in [1.165, 1.54) is 11.1 Å². The molecule has 1 N–H and O–H groups in total. The van der Waals surface area contributed by atoms with E-state index in [9.17, 15) is 0 Å². The monoisotopic (exact) mass is 393 g/mol. The highest BCUT2D eigenvalue weighted by molar-refractivity contribution is 5.79. The lowest BCUT2D eigenvalue weighted by atomic mass is 10.1. The molecule has 3 rings (SSSR count). The van der Waals surface area contributed by atoms with Crippen LogP contribution >= 0.6 is 0 Å². The van der Waals surface area contributed by atoms with E-state index in [0.717, 1.165) is 30.6 Å². The topological polar surface area (TPSA) is 63.3 Å². The highest BCUT2D eigenvalue weighted by Gasteiger charge is 2.15. The molecule has 154 valence electrons. The molecule has 7 nitrogen and oxygen atoms in total. The van der Waals surface area contributed by atoms with E-state index < -0.39 is 0 Å². The summed E-state index contributed by atoms with van der Waals surface area (Å²) in [6.45, 7) is 6.51. The van der Waals surface area contributed by atoms with Crippen molar-refractivity contribution in [1.29, 1.82) is 0 Å². The normalized spacial score (nSPS) is 11.9. The van der Waals surface area contributed by atoms with Crippen LogP contribution in [0.3, 0.4) is 0 Å². The molecule has 0 bridgehead atoms. The number of benzene rings is 1. The van der Waals surface area contributed by atoms with Crippen molar-refractivity contribution >= 4 is 5.96 Å². The molecule has 0 unspecified atom stereocenters. The standard InChI is InChI=1S/C22H31N7/c1-17(2)21-19(16-28(5)26-21)15-27(4)22(23-3)25-13-20-24-11-12-29(20)14-18-9-7-6-8-10-18/h6-12,16-17H,13-15H2,1-5H3,(H,23,25). The Morgan fingerprint density at radius 2 is 2.00 bits per heavy atom. The van der Waals surface area contributed by atoms with Crippen molar-refractivity contribution in [3.05, 3.63) is 71.6 Å². The second-order valence-corrected chi connectivity index (χ2v) is 7.58. The van der Waals surface area contributed by atoms with Crippen LogP contribution in [0, 0.1) is 0 Å². The Balaban J connectivity index is 1.63. The maximum Gasteiger partial charge on any atom is 0.194 e. The number of guanidine groups is 1. The second kappa shape index (κ2) is 9.41. The molecule has 0 aliphatic carbocycles. The first-order valence-electron chi connectivity index (χ1n) is 9.96. The van der Waals surface area contributed by atoms with E-state index in [1.54, 1.807) is 0 Å². The maximum atomic E-state index is 4.60. The molecule has 0 radical (unpaired) electrons. The SMILES string of the molecule is CN=C(NCc1nccn1Cc1ccccc1)N(C)Cc1cn(C)nc1C(C)C. The number of rotatable bonds is 7. The lowest BCUT2D eigenvalue weighted by Crippen LogP contribution is -2.38. The number of nitrogens with one attached hydrogen (secondary N) is 1. The van der Waals surface area contributed by atoms with Gasteiger partial charge in [-0.1, -0.05) is 44.2 Å². The second-order valence-electron chi connectivity index (χ2n) is 7.58. The van der Waals surface area contributed by atoms with Crippen LogP contribution in [0.4, 0.5) is 0 Å². The van der Waals surface area contributed by atoms with Gasteiger partial charge in [0.25, 0.3) is 0 Å². The summed E-state index contributed by atoms with van der Waals surface area (Å²) in [6, 6.07) is 10.4. The Labute approximate surface area is 173 Å². The lowest BCUT2D eigenvalue weighted by Gasteiger charge is -2.22. The summed E-state index contributed by atoms with van der Waals surface area (Å²) in [6.07, 6.45) is 5.95. The molecule has 0 aliphatic rings. The van der Waals surface area contributed by atoms with Gasteiger partial charge >= 0.3 is 0 Å². The Morgan fingerprint density at radius 3 is 2.69 bits per heavy atom. The molecule has 0 saturated carbocycles. The number of nitrogens with zero attached hydrogens (tertiary/aromatic N) is 6. The zero-order valence-corrected chi connectivity index (χ0v) is 18.0. The van der Waals surface area contributed by atoms with Crippen LogP contribution in [0.1, 0.15) is 42.4 Å². The first kappa shape index (κ1) is 20.6. The molecule has 0 spiro atoms. The van der Waals surface area contributed by atoms with Crippen molar-refractivity contribution in [2.45, 2.75) is 39.4 Å². The summed E-state index contributed by atoms with van der Waals surface area (Å²) < 4.78 is 4.04. The van der Waals surface area contributed by atoms with Crippen molar-refractivity contribution < 1.29 is 0 Å². The van der Waals surface area contributed by atoms with Crippen molar-refractivity contribution in [3.8, 4) is 0 Å². The molecule has 2 heterocycles. The predicted octanol–water partition coefficient (Wildman–Crippen LogP) is 3.00. The quantitative estimate of drug-likeness (QED) is 0.495. The molecule has 2 aromatic heterocycles. The summed E-state index contributed by atoms with van der Waals surface area (Å²) in [4.78, 5) is 11.1. The molecule has 0 fully saturated rings. The van der Waals surface area contributed by atoms with E-state index in [1.807, 2.05) is 44.3 Å². The predicted molar refractivity (Wildman–Crippen MR) is 117 cm³/mol. The fraction of sp³-hybridized carbons (Fsp3) is 0.409. The average Bonchev–Trinajstić information content (AvgIpc) is 3.29. The third kappa shape index (κ3) is 5.25. The van der Waals surface area contributed by atoms with Crippen molar-refractivity contribution in [1.82, 2.24) is 29.5 Å². The molecule has 0 amide bonds. The van der Waals surface area contributed by atoms with Crippen LogP contribution in [0.2, 0.25) is 0 Å². The van der Waals surface area contributed by atoms with E-state index >= 15 is 0 Å².